The number of likely N-dealkylation sites (tertiary alicyclic amines) is 1. The summed E-state index contributed by atoms with van der Waals surface area (Å²) < 4.78 is 5.65. The van der Waals surface area contributed by atoms with Gasteiger partial charge in [0.25, 0.3) is 5.91 Å². The molecule has 5 nitrogen and oxygen atoms in total. The van der Waals surface area contributed by atoms with Crippen molar-refractivity contribution in [3.05, 3.63) is 65.2 Å². The largest absolute Gasteiger partial charge is 0.494 e. The standard InChI is InChI=1S/C25H32N2O3/c1-3-4-17-30-22-14-12-21(13-15-22)24(28)26-23-7-5-6-16-27(25(23)29)18-20-10-8-19(2)9-11-20/h8-15,23H,3-7,16-18H2,1-2H3,(H,26,28). The molecule has 0 radical (unpaired) electrons. The first-order valence-corrected chi connectivity index (χ1v) is 10.9. The molecule has 2 aromatic rings. The zero-order chi connectivity index (χ0) is 21.3. The van der Waals surface area contributed by atoms with Crippen LogP contribution in [-0.2, 0) is 11.3 Å². The normalized spacial score (nSPS) is 16.8. The fourth-order valence-electron chi connectivity index (χ4n) is 3.59. The average molecular weight is 409 g/mol. The Bertz CT molecular complexity index is 830. The van der Waals surface area contributed by atoms with E-state index in [2.05, 4.69) is 43.4 Å². The van der Waals surface area contributed by atoms with Crippen LogP contribution in [0.5, 0.6) is 5.75 Å². The number of ether oxygens (including phenoxy) is 1. The molecule has 2 aromatic carbocycles. The van der Waals surface area contributed by atoms with Crippen LogP contribution in [0.3, 0.4) is 0 Å². The summed E-state index contributed by atoms with van der Waals surface area (Å²) in [7, 11) is 0. The summed E-state index contributed by atoms with van der Waals surface area (Å²) in [4.78, 5) is 27.7. The monoisotopic (exact) mass is 408 g/mol. The first kappa shape index (κ1) is 21.9. The summed E-state index contributed by atoms with van der Waals surface area (Å²) in [6.45, 7) is 6.15. The summed E-state index contributed by atoms with van der Waals surface area (Å²) in [5.41, 5.74) is 2.85. The molecule has 1 aliphatic rings. The molecule has 1 atom stereocenters. The van der Waals surface area contributed by atoms with Crippen molar-refractivity contribution in [1.29, 1.82) is 0 Å². The van der Waals surface area contributed by atoms with E-state index in [0.29, 0.717) is 25.1 Å². The lowest BCUT2D eigenvalue weighted by Gasteiger charge is -2.25. The van der Waals surface area contributed by atoms with Gasteiger partial charge in [0.05, 0.1) is 6.61 Å². The van der Waals surface area contributed by atoms with Gasteiger partial charge < -0.3 is 15.0 Å². The van der Waals surface area contributed by atoms with Gasteiger partial charge in [0.1, 0.15) is 11.8 Å². The number of hydrogen-bond acceptors (Lipinski definition) is 3. The number of amides is 2. The Morgan fingerprint density at radius 1 is 1.10 bits per heavy atom. The molecule has 5 heteroatoms. The second-order valence-corrected chi connectivity index (χ2v) is 7.99. The summed E-state index contributed by atoms with van der Waals surface area (Å²) >= 11 is 0. The minimum absolute atomic E-state index is 0.000874. The second kappa shape index (κ2) is 10.8. The highest BCUT2D eigenvalue weighted by molar-refractivity contribution is 5.97. The lowest BCUT2D eigenvalue weighted by Crippen LogP contribution is -2.47. The van der Waals surface area contributed by atoms with E-state index in [1.807, 2.05) is 17.0 Å². The molecular formula is C25H32N2O3. The minimum Gasteiger partial charge on any atom is -0.494 e. The minimum atomic E-state index is -0.481. The van der Waals surface area contributed by atoms with Crippen molar-refractivity contribution in [2.45, 2.75) is 58.5 Å². The Balaban J connectivity index is 1.60. The van der Waals surface area contributed by atoms with E-state index in [-0.39, 0.29) is 11.8 Å². The molecule has 0 aliphatic carbocycles. The zero-order valence-corrected chi connectivity index (χ0v) is 18.0. The Labute approximate surface area is 179 Å². The number of rotatable bonds is 8. The van der Waals surface area contributed by atoms with E-state index in [0.717, 1.165) is 43.5 Å². The Morgan fingerprint density at radius 3 is 2.53 bits per heavy atom. The predicted octanol–water partition coefficient (Wildman–Crippen LogP) is 4.49. The Hall–Kier alpha value is -2.82. The number of benzene rings is 2. The third-order valence-electron chi connectivity index (χ3n) is 5.46. The van der Waals surface area contributed by atoms with Crippen molar-refractivity contribution in [1.82, 2.24) is 10.2 Å². The average Bonchev–Trinajstić information content (AvgIpc) is 2.92. The summed E-state index contributed by atoms with van der Waals surface area (Å²) in [5.74, 6) is 0.543. The summed E-state index contributed by atoms with van der Waals surface area (Å²) in [5, 5.41) is 2.95. The van der Waals surface area contributed by atoms with Crippen molar-refractivity contribution in [2.24, 2.45) is 0 Å². The second-order valence-electron chi connectivity index (χ2n) is 7.99. The van der Waals surface area contributed by atoms with Crippen molar-refractivity contribution < 1.29 is 14.3 Å². The quantitative estimate of drug-likeness (QED) is 0.655. The van der Waals surface area contributed by atoms with Gasteiger partial charge in [-0.3, -0.25) is 9.59 Å². The van der Waals surface area contributed by atoms with Crippen LogP contribution in [-0.4, -0.2) is 35.9 Å². The lowest BCUT2D eigenvalue weighted by molar-refractivity contribution is -0.133. The molecule has 0 saturated carbocycles. The third kappa shape index (κ3) is 6.09. The molecule has 0 spiro atoms. The van der Waals surface area contributed by atoms with Crippen molar-refractivity contribution in [3.63, 3.8) is 0 Å². The number of hydrogen-bond donors (Lipinski definition) is 1. The van der Waals surface area contributed by atoms with E-state index in [4.69, 9.17) is 4.74 Å². The molecule has 1 unspecified atom stereocenters. The zero-order valence-electron chi connectivity index (χ0n) is 18.0. The van der Waals surface area contributed by atoms with Gasteiger partial charge >= 0.3 is 0 Å². The maximum atomic E-state index is 13.1. The molecule has 0 bridgehead atoms. The molecule has 0 aromatic heterocycles. The van der Waals surface area contributed by atoms with Gasteiger partial charge in [-0.15, -0.1) is 0 Å². The molecular weight excluding hydrogens is 376 g/mol. The third-order valence-corrected chi connectivity index (χ3v) is 5.46. The van der Waals surface area contributed by atoms with Crippen molar-refractivity contribution in [3.8, 4) is 5.75 Å². The predicted molar refractivity (Wildman–Crippen MR) is 119 cm³/mol. The number of carbonyl (C=O) groups excluding carboxylic acids is 2. The highest BCUT2D eigenvalue weighted by atomic mass is 16.5. The number of nitrogens with zero attached hydrogens (tertiary/aromatic N) is 1. The number of unbranched alkanes of at least 4 members (excludes halogenated alkanes) is 1. The van der Waals surface area contributed by atoms with E-state index < -0.39 is 6.04 Å². The highest BCUT2D eigenvalue weighted by Crippen LogP contribution is 2.17. The summed E-state index contributed by atoms with van der Waals surface area (Å²) in [6.07, 6.45) is 4.63. The van der Waals surface area contributed by atoms with E-state index in [1.54, 1.807) is 12.1 Å². The molecule has 30 heavy (non-hydrogen) atoms. The highest BCUT2D eigenvalue weighted by Gasteiger charge is 2.28. The van der Waals surface area contributed by atoms with Gasteiger partial charge in [0, 0.05) is 18.7 Å². The Morgan fingerprint density at radius 2 is 1.83 bits per heavy atom. The smallest absolute Gasteiger partial charge is 0.251 e. The van der Waals surface area contributed by atoms with Gasteiger partial charge in [-0.25, -0.2) is 0 Å². The number of carbonyl (C=O) groups is 2. The van der Waals surface area contributed by atoms with E-state index in [9.17, 15) is 9.59 Å². The van der Waals surface area contributed by atoms with Crippen LogP contribution in [0.1, 0.15) is 60.5 Å². The molecule has 1 fully saturated rings. The molecule has 160 valence electrons. The van der Waals surface area contributed by atoms with Crippen LogP contribution in [0.2, 0.25) is 0 Å². The first-order chi connectivity index (χ1) is 14.6. The van der Waals surface area contributed by atoms with Crippen molar-refractivity contribution in [2.75, 3.05) is 13.2 Å². The SMILES string of the molecule is CCCCOc1ccc(C(=O)NC2CCCCN(Cc3ccc(C)cc3)C2=O)cc1. The van der Waals surface area contributed by atoms with Crippen LogP contribution in [0.15, 0.2) is 48.5 Å². The van der Waals surface area contributed by atoms with Gasteiger partial charge in [-0.05, 0) is 62.4 Å². The molecule has 1 N–H and O–H groups in total. The number of aryl methyl sites for hydroxylation is 1. The molecule has 1 heterocycles. The van der Waals surface area contributed by atoms with Gasteiger partial charge in [0.2, 0.25) is 5.91 Å². The van der Waals surface area contributed by atoms with Gasteiger partial charge in [-0.1, -0.05) is 43.2 Å². The molecule has 1 aliphatic heterocycles. The fraction of sp³-hybridized carbons (Fsp3) is 0.440. The topological polar surface area (TPSA) is 58.6 Å². The Kier molecular flexibility index (Phi) is 7.89. The van der Waals surface area contributed by atoms with Crippen LogP contribution in [0, 0.1) is 6.92 Å². The molecule has 1 saturated heterocycles. The van der Waals surface area contributed by atoms with Crippen LogP contribution in [0.4, 0.5) is 0 Å². The molecule has 2 amide bonds. The lowest BCUT2D eigenvalue weighted by atomic mass is 10.1. The van der Waals surface area contributed by atoms with Crippen LogP contribution >= 0.6 is 0 Å². The van der Waals surface area contributed by atoms with Gasteiger partial charge in [-0.2, -0.15) is 0 Å². The van der Waals surface area contributed by atoms with E-state index in [1.165, 1.54) is 5.56 Å². The molecule has 3 rings (SSSR count). The first-order valence-electron chi connectivity index (χ1n) is 10.9. The number of nitrogens with one attached hydrogen (secondary N) is 1. The van der Waals surface area contributed by atoms with Crippen LogP contribution in [0.25, 0.3) is 0 Å². The van der Waals surface area contributed by atoms with E-state index >= 15 is 0 Å². The maximum absolute atomic E-state index is 13.1. The van der Waals surface area contributed by atoms with Gasteiger partial charge in [0.15, 0.2) is 0 Å². The van der Waals surface area contributed by atoms with Crippen molar-refractivity contribution >= 4 is 11.8 Å². The fourth-order valence-corrected chi connectivity index (χ4v) is 3.59. The maximum Gasteiger partial charge on any atom is 0.251 e. The van der Waals surface area contributed by atoms with Crippen LogP contribution < -0.4 is 10.1 Å². The summed E-state index contributed by atoms with van der Waals surface area (Å²) in [6, 6.07) is 14.9.